The van der Waals surface area contributed by atoms with Crippen LogP contribution < -0.4 is 5.32 Å². The van der Waals surface area contributed by atoms with E-state index in [-0.39, 0.29) is 6.61 Å². The van der Waals surface area contributed by atoms with Crippen molar-refractivity contribution < 1.29 is 5.11 Å². The standard InChI is InChI=1S/C11H23N4O/c1-13-3-2-12-11(10-13)15-6-4-14(5-7-15)8-9-16/h11,16H,2-10H2,1H3. The van der Waals surface area contributed by atoms with Crippen LogP contribution in [0.5, 0.6) is 0 Å². The zero-order valence-electron chi connectivity index (χ0n) is 10.2. The Morgan fingerprint density at radius 3 is 2.56 bits per heavy atom. The quantitative estimate of drug-likeness (QED) is 0.635. The number of nitrogens with zero attached hydrogens (tertiary/aromatic N) is 4. The third kappa shape index (κ3) is 3.15. The fraction of sp³-hybridized carbons (Fsp3) is 1.00. The minimum atomic E-state index is 0.274. The van der Waals surface area contributed by atoms with Gasteiger partial charge >= 0.3 is 0 Å². The molecule has 1 N–H and O–H groups in total. The van der Waals surface area contributed by atoms with Gasteiger partial charge in [-0.25, -0.2) is 5.32 Å². The Bertz CT molecular complexity index is 206. The lowest BCUT2D eigenvalue weighted by molar-refractivity contribution is 0.0414. The molecule has 2 aliphatic rings. The van der Waals surface area contributed by atoms with Gasteiger partial charge in [-0.05, 0) is 7.05 Å². The summed E-state index contributed by atoms with van der Waals surface area (Å²) in [6.07, 6.45) is 0.398. The summed E-state index contributed by atoms with van der Waals surface area (Å²) < 4.78 is 0. The second kappa shape index (κ2) is 5.93. The first-order valence-corrected chi connectivity index (χ1v) is 6.22. The minimum Gasteiger partial charge on any atom is -0.395 e. The summed E-state index contributed by atoms with van der Waals surface area (Å²) in [7, 11) is 2.17. The van der Waals surface area contributed by atoms with Gasteiger partial charge < -0.3 is 10.0 Å². The number of rotatable bonds is 3. The molecular weight excluding hydrogens is 204 g/mol. The van der Waals surface area contributed by atoms with Crippen LogP contribution >= 0.6 is 0 Å². The average molecular weight is 227 g/mol. The van der Waals surface area contributed by atoms with Gasteiger partial charge in [-0.1, -0.05) is 0 Å². The molecule has 2 aliphatic heterocycles. The molecule has 5 nitrogen and oxygen atoms in total. The number of hydrogen-bond donors (Lipinski definition) is 1. The minimum absolute atomic E-state index is 0.274. The van der Waals surface area contributed by atoms with Gasteiger partial charge in [0.05, 0.1) is 12.8 Å². The Hall–Kier alpha value is -0.200. The highest BCUT2D eigenvalue weighted by Gasteiger charge is 2.26. The Kier molecular flexibility index (Phi) is 4.55. The van der Waals surface area contributed by atoms with Crippen LogP contribution in [-0.2, 0) is 0 Å². The smallest absolute Gasteiger partial charge is 0.0890 e. The molecule has 0 aromatic carbocycles. The first kappa shape index (κ1) is 12.3. The SMILES string of the molecule is CN1CC[N]C(N2CCN(CCO)CC2)C1. The van der Waals surface area contributed by atoms with E-state index < -0.39 is 0 Å². The predicted octanol–water partition coefficient (Wildman–Crippen LogP) is -1.53. The molecule has 0 saturated carbocycles. The third-order valence-corrected chi connectivity index (χ3v) is 3.54. The molecule has 1 atom stereocenters. The Balaban J connectivity index is 1.75. The summed E-state index contributed by atoms with van der Waals surface area (Å²) >= 11 is 0. The summed E-state index contributed by atoms with van der Waals surface area (Å²) in [5.41, 5.74) is 0. The molecule has 0 amide bonds. The molecule has 0 aliphatic carbocycles. The van der Waals surface area contributed by atoms with E-state index in [1.54, 1.807) is 0 Å². The highest BCUT2D eigenvalue weighted by molar-refractivity contribution is 4.81. The highest BCUT2D eigenvalue weighted by Crippen LogP contribution is 2.08. The average Bonchev–Trinajstić information content (AvgIpc) is 2.30. The fourth-order valence-corrected chi connectivity index (χ4v) is 2.46. The number of hydrogen-bond acceptors (Lipinski definition) is 4. The largest absolute Gasteiger partial charge is 0.395 e. The van der Waals surface area contributed by atoms with Gasteiger partial charge in [-0.15, -0.1) is 0 Å². The van der Waals surface area contributed by atoms with E-state index >= 15 is 0 Å². The monoisotopic (exact) mass is 227 g/mol. The van der Waals surface area contributed by atoms with E-state index in [1.165, 1.54) is 0 Å². The molecule has 0 bridgehead atoms. The number of aliphatic hydroxyl groups excluding tert-OH is 1. The van der Waals surface area contributed by atoms with Crippen LogP contribution in [0, 0.1) is 0 Å². The summed E-state index contributed by atoms with van der Waals surface area (Å²) in [5.74, 6) is 0. The Labute approximate surface area is 98.0 Å². The molecule has 2 fully saturated rings. The van der Waals surface area contributed by atoms with Crippen LogP contribution in [0.15, 0.2) is 0 Å². The van der Waals surface area contributed by atoms with Gasteiger partial charge in [0.1, 0.15) is 0 Å². The van der Waals surface area contributed by atoms with Crippen LogP contribution in [0.4, 0.5) is 0 Å². The summed E-state index contributed by atoms with van der Waals surface area (Å²) in [5, 5.41) is 13.6. The predicted molar refractivity (Wildman–Crippen MR) is 63.4 cm³/mol. The number of β-amino-alcohol motifs (C(OH)–C–C–N with tert-alkyl or cyclic N) is 1. The maximum absolute atomic E-state index is 8.89. The Morgan fingerprint density at radius 1 is 1.19 bits per heavy atom. The van der Waals surface area contributed by atoms with Gasteiger partial charge in [0.2, 0.25) is 0 Å². The number of piperazine rings is 2. The van der Waals surface area contributed by atoms with Crippen molar-refractivity contribution in [3.05, 3.63) is 0 Å². The highest BCUT2D eigenvalue weighted by atomic mass is 16.3. The summed E-state index contributed by atoms with van der Waals surface area (Å²) in [6, 6.07) is 0. The van der Waals surface area contributed by atoms with E-state index in [1.807, 2.05) is 0 Å². The van der Waals surface area contributed by atoms with Crippen molar-refractivity contribution in [1.82, 2.24) is 20.0 Å². The lowest BCUT2D eigenvalue weighted by Gasteiger charge is -2.42. The van der Waals surface area contributed by atoms with Crippen molar-refractivity contribution in [2.75, 3.05) is 66.0 Å². The van der Waals surface area contributed by atoms with Gasteiger partial charge in [-0.3, -0.25) is 9.80 Å². The second-order valence-corrected chi connectivity index (χ2v) is 4.75. The van der Waals surface area contributed by atoms with Gasteiger partial charge in [0.15, 0.2) is 0 Å². The molecule has 0 aromatic rings. The lowest BCUT2D eigenvalue weighted by atomic mass is 10.2. The molecule has 2 rings (SSSR count). The molecule has 2 saturated heterocycles. The fourth-order valence-electron chi connectivity index (χ4n) is 2.46. The number of likely N-dealkylation sites (N-methyl/N-ethyl adjacent to an activating group) is 1. The molecule has 5 heteroatoms. The van der Waals surface area contributed by atoms with Gasteiger partial charge in [0, 0.05) is 52.4 Å². The van der Waals surface area contributed by atoms with Crippen LogP contribution in [0.3, 0.4) is 0 Å². The lowest BCUT2D eigenvalue weighted by Crippen LogP contribution is -2.59. The molecule has 1 radical (unpaired) electrons. The zero-order valence-corrected chi connectivity index (χ0v) is 10.2. The van der Waals surface area contributed by atoms with Gasteiger partial charge in [0.25, 0.3) is 0 Å². The van der Waals surface area contributed by atoms with E-state index in [9.17, 15) is 0 Å². The van der Waals surface area contributed by atoms with Crippen LogP contribution in [-0.4, -0.2) is 92.0 Å². The summed E-state index contributed by atoms with van der Waals surface area (Å²) in [6.45, 7) is 8.53. The van der Waals surface area contributed by atoms with E-state index in [0.29, 0.717) is 6.17 Å². The normalized spacial score (nSPS) is 30.8. The maximum atomic E-state index is 8.89. The third-order valence-electron chi connectivity index (χ3n) is 3.54. The van der Waals surface area contributed by atoms with Crippen molar-refractivity contribution in [2.45, 2.75) is 6.17 Å². The zero-order chi connectivity index (χ0) is 11.4. The summed E-state index contributed by atoms with van der Waals surface area (Å²) in [4.78, 5) is 7.16. The molecule has 0 aromatic heterocycles. The molecule has 1 unspecified atom stereocenters. The van der Waals surface area contributed by atoms with Crippen LogP contribution in [0.25, 0.3) is 0 Å². The first-order valence-electron chi connectivity index (χ1n) is 6.22. The van der Waals surface area contributed by atoms with Gasteiger partial charge in [-0.2, -0.15) is 0 Å². The maximum Gasteiger partial charge on any atom is 0.0890 e. The van der Waals surface area contributed by atoms with Crippen LogP contribution in [0.1, 0.15) is 0 Å². The van der Waals surface area contributed by atoms with Crippen molar-refractivity contribution in [3.63, 3.8) is 0 Å². The van der Waals surface area contributed by atoms with Crippen molar-refractivity contribution in [2.24, 2.45) is 0 Å². The van der Waals surface area contributed by atoms with E-state index in [2.05, 4.69) is 21.7 Å². The van der Waals surface area contributed by atoms with Crippen molar-refractivity contribution in [1.29, 1.82) is 0 Å². The molecule has 93 valence electrons. The molecule has 0 spiro atoms. The Morgan fingerprint density at radius 2 is 1.94 bits per heavy atom. The molecular formula is C11H23N4O. The van der Waals surface area contributed by atoms with E-state index in [4.69, 9.17) is 10.4 Å². The van der Waals surface area contributed by atoms with Crippen LogP contribution in [0.2, 0.25) is 0 Å². The first-order chi connectivity index (χ1) is 7.79. The second-order valence-electron chi connectivity index (χ2n) is 4.75. The topological polar surface area (TPSA) is 44.1 Å². The van der Waals surface area contributed by atoms with Crippen molar-refractivity contribution in [3.8, 4) is 0 Å². The number of aliphatic hydroxyl groups is 1. The van der Waals surface area contributed by atoms with Crippen molar-refractivity contribution >= 4 is 0 Å². The van der Waals surface area contributed by atoms with E-state index in [0.717, 1.165) is 52.4 Å². The molecule has 16 heavy (non-hydrogen) atoms. The molecule has 2 heterocycles.